The molecule has 7 nitrogen and oxygen atoms in total. The Balaban J connectivity index is 1.34. The average molecular weight is 359 g/mol. The Morgan fingerprint density at radius 1 is 1.23 bits per heavy atom. The standard InChI is InChI=1S/C19H29N5O2/c25-18(21-11-14-5-6-14)15-3-2-9-23(13-15)19(26)17-7-10-24(22-17)16-4-1-8-20-12-16/h7,10,14-16,20H,1-6,8-9,11-13H2,(H,21,25). The zero-order valence-corrected chi connectivity index (χ0v) is 15.3. The molecule has 1 aliphatic carbocycles. The summed E-state index contributed by atoms with van der Waals surface area (Å²) in [7, 11) is 0. The third kappa shape index (κ3) is 4.09. The van der Waals surface area contributed by atoms with Gasteiger partial charge in [-0.3, -0.25) is 14.3 Å². The zero-order valence-electron chi connectivity index (χ0n) is 15.3. The van der Waals surface area contributed by atoms with Gasteiger partial charge in [-0.2, -0.15) is 5.10 Å². The van der Waals surface area contributed by atoms with Crippen LogP contribution in [0.15, 0.2) is 12.3 Å². The van der Waals surface area contributed by atoms with Crippen LogP contribution in [0.3, 0.4) is 0 Å². The molecule has 0 aromatic carbocycles. The van der Waals surface area contributed by atoms with Crippen molar-refractivity contribution >= 4 is 11.8 Å². The predicted molar refractivity (Wildman–Crippen MR) is 97.7 cm³/mol. The van der Waals surface area contributed by atoms with Crippen molar-refractivity contribution in [3.8, 4) is 0 Å². The highest BCUT2D eigenvalue weighted by molar-refractivity contribution is 5.92. The van der Waals surface area contributed by atoms with Crippen molar-refractivity contribution in [2.45, 2.75) is 44.6 Å². The first-order valence-electron chi connectivity index (χ1n) is 10.0. The van der Waals surface area contributed by atoms with Gasteiger partial charge in [0.2, 0.25) is 5.91 Å². The molecule has 2 unspecified atom stereocenters. The zero-order chi connectivity index (χ0) is 17.9. The monoisotopic (exact) mass is 359 g/mol. The van der Waals surface area contributed by atoms with Crippen molar-refractivity contribution < 1.29 is 9.59 Å². The number of nitrogens with zero attached hydrogens (tertiary/aromatic N) is 3. The van der Waals surface area contributed by atoms with Crippen LogP contribution < -0.4 is 10.6 Å². The maximum Gasteiger partial charge on any atom is 0.274 e. The van der Waals surface area contributed by atoms with E-state index >= 15 is 0 Å². The lowest BCUT2D eigenvalue weighted by molar-refractivity contribution is -0.126. The van der Waals surface area contributed by atoms with E-state index in [0.717, 1.165) is 45.3 Å². The number of amides is 2. The molecule has 1 aromatic heterocycles. The fourth-order valence-corrected chi connectivity index (χ4v) is 3.96. The van der Waals surface area contributed by atoms with E-state index < -0.39 is 0 Å². The van der Waals surface area contributed by atoms with Crippen LogP contribution in [0, 0.1) is 11.8 Å². The van der Waals surface area contributed by atoms with Crippen molar-refractivity contribution in [1.82, 2.24) is 25.3 Å². The Hall–Kier alpha value is -1.89. The largest absolute Gasteiger partial charge is 0.356 e. The van der Waals surface area contributed by atoms with Gasteiger partial charge < -0.3 is 15.5 Å². The molecule has 0 spiro atoms. The fourth-order valence-electron chi connectivity index (χ4n) is 3.96. The first kappa shape index (κ1) is 17.5. The number of rotatable bonds is 5. The molecule has 26 heavy (non-hydrogen) atoms. The topological polar surface area (TPSA) is 79.3 Å². The SMILES string of the molecule is O=C(NCC1CC1)C1CCCN(C(=O)c2ccn(C3CCCNC3)n2)C1. The summed E-state index contributed by atoms with van der Waals surface area (Å²) in [6.07, 6.45) is 8.34. The lowest BCUT2D eigenvalue weighted by atomic mass is 9.97. The molecule has 3 fully saturated rings. The molecule has 2 aliphatic heterocycles. The minimum Gasteiger partial charge on any atom is -0.356 e. The molecule has 4 rings (SSSR count). The minimum absolute atomic E-state index is 0.0489. The van der Waals surface area contributed by atoms with Gasteiger partial charge in [0, 0.05) is 32.4 Å². The normalized spacial score (nSPS) is 26.5. The molecule has 2 saturated heterocycles. The smallest absolute Gasteiger partial charge is 0.274 e. The van der Waals surface area contributed by atoms with Crippen LogP contribution >= 0.6 is 0 Å². The van der Waals surface area contributed by atoms with E-state index in [-0.39, 0.29) is 17.7 Å². The van der Waals surface area contributed by atoms with E-state index in [1.807, 2.05) is 16.9 Å². The van der Waals surface area contributed by atoms with Crippen LogP contribution in [0.1, 0.15) is 55.1 Å². The molecule has 2 N–H and O–H groups in total. The highest BCUT2D eigenvalue weighted by atomic mass is 16.2. The molecule has 7 heteroatoms. The van der Waals surface area contributed by atoms with E-state index in [0.29, 0.717) is 30.7 Å². The summed E-state index contributed by atoms with van der Waals surface area (Å²) >= 11 is 0. The predicted octanol–water partition coefficient (Wildman–Crippen LogP) is 1.19. The molecule has 1 aromatic rings. The van der Waals surface area contributed by atoms with Gasteiger partial charge in [0.05, 0.1) is 12.0 Å². The molecular weight excluding hydrogens is 330 g/mol. The number of aromatic nitrogens is 2. The highest BCUT2D eigenvalue weighted by Crippen LogP contribution is 2.28. The van der Waals surface area contributed by atoms with Crippen molar-refractivity contribution in [3.05, 3.63) is 18.0 Å². The average Bonchev–Trinajstić information content (AvgIpc) is 3.40. The third-order valence-corrected chi connectivity index (χ3v) is 5.81. The van der Waals surface area contributed by atoms with Gasteiger partial charge in [-0.1, -0.05) is 0 Å². The summed E-state index contributed by atoms with van der Waals surface area (Å²) in [5.74, 6) is 0.648. The Kier molecular flexibility index (Phi) is 5.24. The molecule has 3 heterocycles. The summed E-state index contributed by atoms with van der Waals surface area (Å²) < 4.78 is 1.92. The maximum atomic E-state index is 12.8. The molecule has 3 aliphatic rings. The summed E-state index contributed by atoms with van der Waals surface area (Å²) in [5, 5.41) is 11.0. The molecule has 0 bridgehead atoms. The second kappa shape index (κ2) is 7.78. The quantitative estimate of drug-likeness (QED) is 0.828. The molecule has 0 radical (unpaired) electrons. The summed E-state index contributed by atoms with van der Waals surface area (Å²) in [5.41, 5.74) is 0.495. The number of carbonyl (C=O) groups is 2. The molecule has 142 valence electrons. The van der Waals surface area contributed by atoms with Gasteiger partial charge >= 0.3 is 0 Å². The highest BCUT2D eigenvalue weighted by Gasteiger charge is 2.31. The second-order valence-electron chi connectivity index (χ2n) is 7.96. The van der Waals surface area contributed by atoms with Gasteiger partial charge in [0.25, 0.3) is 5.91 Å². The van der Waals surface area contributed by atoms with Gasteiger partial charge in [0.15, 0.2) is 0 Å². The van der Waals surface area contributed by atoms with E-state index in [4.69, 9.17) is 0 Å². The molecule has 2 amide bonds. The minimum atomic E-state index is -0.0870. The number of nitrogens with one attached hydrogen (secondary N) is 2. The molecule has 2 atom stereocenters. The van der Waals surface area contributed by atoms with Crippen LogP contribution in [-0.4, -0.2) is 59.2 Å². The van der Waals surface area contributed by atoms with Crippen LogP contribution in [0.25, 0.3) is 0 Å². The Morgan fingerprint density at radius 3 is 2.88 bits per heavy atom. The van der Waals surface area contributed by atoms with E-state index in [2.05, 4.69) is 15.7 Å². The first-order chi connectivity index (χ1) is 12.7. The number of hydrogen-bond donors (Lipinski definition) is 2. The Morgan fingerprint density at radius 2 is 2.12 bits per heavy atom. The van der Waals surface area contributed by atoms with Crippen molar-refractivity contribution in [3.63, 3.8) is 0 Å². The second-order valence-corrected chi connectivity index (χ2v) is 7.96. The number of likely N-dealkylation sites (tertiary alicyclic amines) is 1. The molecule has 1 saturated carbocycles. The third-order valence-electron chi connectivity index (χ3n) is 5.81. The maximum absolute atomic E-state index is 12.8. The van der Waals surface area contributed by atoms with Gasteiger partial charge in [-0.05, 0) is 57.1 Å². The van der Waals surface area contributed by atoms with E-state index in [1.165, 1.54) is 12.8 Å². The summed E-state index contributed by atoms with van der Waals surface area (Å²) in [6, 6.07) is 2.14. The lowest BCUT2D eigenvalue weighted by Crippen LogP contribution is -2.46. The van der Waals surface area contributed by atoms with Gasteiger partial charge in [-0.15, -0.1) is 0 Å². The summed E-state index contributed by atoms with van der Waals surface area (Å²) in [4.78, 5) is 27.0. The van der Waals surface area contributed by atoms with Crippen molar-refractivity contribution in [2.24, 2.45) is 11.8 Å². The van der Waals surface area contributed by atoms with E-state index in [9.17, 15) is 9.59 Å². The van der Waals surface area contributed by atoms with Crippen LogP contribution in [0.5, 0.6) is 0 Å². The Bertz CT molecular complexity index is 648. The number of carbonyl (C=O) groups excluding carboxylic acids is 2. The number of piperidine rings is 2. The Labute approximate surface area is 154 Å². The van der Waals surface area contributed by atoms with Gasteiger partial charge in [-0.25, -0.2) is 0 Å². The first-order valence-corrected chi connectivity index (χ1v) is 10.0. The lowest BCUT2D eigenvalue weighted by Gasteiger charge is -2.31. The molecular formula is C19H29N5O2. The van der Waals surface area contributed by atoms with E-state index in [1.54, 1.807) is 4.90 Å². The van der Waals surface area contributed by atoms with Crippen LogP contribution in [-0.2, 0) is 4.79 Å². The fraction of sp³-hybridized carbons (Fsp3) is 0.737. The van der Waals surface area contributed by atoms with Crippen LogP contribution in [0.2, 0.25) is 0 Å². The van der Waals surface area contributed by atoms with Crippen LogP contribution in [0.4, 0.5) is 0 Å². The number of hydrogen-bond acceptors (Lipinski definition) is 4. The van der Waals surface area contributed by atoms with Crippen molar-refractivity contribution in [1.29, 1.82) is 0 Å². The van der Waals surface area contributed by atoms with Crippen molar-refractivity contribution in [2.75, 3.05) is 32.7 Å². The summed E-state index contributed by atoms with van der Waals surface area (Å²) in [6.45, 7) is 3.98. The van der Waals surface area contributed by atoms with Gasteiger partial charge in [0.1, 0.15) is 5.69 Å².